The smallest absolute Gasteiger partial charge is 0.306 e. The fourth-order valence-corrected chi connectivity index (χ4v) is 3.05. The van der Waals surface area contributed by atoms with Gasteiger partial charge in [-0.2, -0.15) is 0 Å². The Balaban J connectivity index is 1.99. The number of carbonyl (C=O) groups excluding carboxylic acids is 2. The Morgan fingerprint density at radius 2 is 1.68 bits per heavy atom. The van der Waals surface area contributed by atoms with Crippen molar-refractivity contribution >= 4 is 12.4 Å². The molecule has 1 fully saturated rings. The van der Waals surface area contributed by atoms with E-state index in [9.17, 15) is 9.59 Å². The summed E-state index contributed by atoms with van der Waals surface area (Å²) >= 11 is 0. The standard InChI is InChI=1S/C18H32O4/c1-2-3-4-5-6-7-8-9-10-11-12-16(21-15-19)17-13-14-18(20)22-17/h15-17H,2-14H2,1H3/t16-,17-/m0/s1. The summed E-state index contributed by atoms with van der Waals surface area (Å²) in [5.41, 5.74) is 0. The Kier molecular flexibility index (Phi) is 10.8. The molecule has 0 N–H and O–H groups in total. The molecule has 0 amide bonds. The molecule has 0 aromatic heterocycles. The maximum Gasteiger partial charge on any atom is 0.306 e. The molecular weight excluding hydrogens is 280 g/mol. The van der Waals surface area contributed by atoms with Gasteiger partial charge in [0.2, 0.25) is 0 Å². The molecule has 0 spiro atoms. The van der Waals surface area contributed by atoms with Gasteiger partial charge in [0.15, 0.2) is 0 Å². The Bertz CT molecular complexity index is 303. The number of ether oxygens (including phenoxy) is 2. The number of carbonyl (C=O) groups is 2. The van der Waals surface area contributed by atoms with E-state index in [0.29, 0.717) is 19.3 Å². The lowest BCUT2D eigenvalue weighted by atomic mass is 10.0. The maximum absolute atomic E-state index is 11.1. The van der Waals surface area contributed by atoms with Crippen molar-refractivity contribution in [1.82, 2.24) is 0 Å². The van der Waals surface area contributed by atoms with Gasteiger partial charge in [-0.1, -0.05) is 64.7 Å². The zero-order valence-corrected chi connectivity index (χ0v) is 14.1. The van der Waals surface area contributed by atoms with Crippen LogP contribution in [0.15, 0.2) is 0 Å². The number of esters is 1. The lowest BCUT2D eigenvalue weighted by molar-refractivity contribution is -0.153. The first kappa shape index (κ1) is 19.0. The Labute approximate surface area is 134 Å². The van der Waals surface area contributed by atoms with E-state index in [1.165, 1.54) is 51.4 Å². The third kappa shape index (κ3) is 8.40. The molecule has 0 unspecified atom stereocenters. The number of hydrogen-bond donors (Lipinski definition) is 0. The molecule has 4 nitrogen and oxygen atoms in total. The van der Waals surface area contributed by atoms with Gasteiger partial charge in [0.1, 0.15) is 12.2 Å². The monoisotopic (exact) mass is 312 g/mol. The molecule has 0 radical (unpaired) electrons. The van der Waals surface area contributed by atoms with Crippen LogP contribution >= 0.6 is 0 Å². The lowest BCUT2D eigenvalue weighted by Crippen LogP contribution is -2.28. The van der Waals surface area contributed by atoms with Gasteiger partial charge >= 0.3 is 5.97 Å². The van der Waals surface area contributed by atoms with E-state index < -0.39 is 0 Å². The van der Waals surface area contributed by atoms with Gasteiger partial charge in [0.05, 0.1) is 0 Å². The van der Waals surface area contributed by atoms with E-state index in [-0.39, 0.29) is 18.2 Å². The molecule has 1 aliphatic rings. The first-order chi connectivity index (χ1) is 10.8. The van der Waals surface area contributed by atoms with Gasteiger partial charge in [-0.15, -0.1) is 0 Å². The van der Waals surface area contributed by atoms with Gasteiger partial charge in [0.25, 0.3) is 6.47 Å². The average Bonchev–Trinajstić information content (AvgIpc) is 2.94. The van der Waals surface area contributed by atoms with E-state index in [4.69, 9.17) is 9.47 Å². The average molecular weight is 312 g/mol. The van der Waals surface area contributed by atoms with Crippen LogP contribution in [-0.2, 0) is 19.1 Å². The SMILES string of the molecule is CCCCCCCCCCCC[C@H](OC=O)[C@@H]1CCC(=O)O1. The number of rotatable bonds is 14. The van der Waals surface area contributed by atoms with E-state index in [1.807, 2.05) is 0 Å². The minimum Gasteiger partial charge on any atom is -0.461 e. The predicted molar refractivity (Wildman–Crippen MR) is 86.5 cm³/mol. The van der Waals surface area contributed by atoms with Crippen LogP contribution in [0.2, 0.25) is 0 Å². The van der Waals surface area contributed by atoms with Crippen LogP contribution in [0.3, 0.4) is 0 Å². The molecular formula is C18H32O4. The molecule has 128 valence electrons. The van der Waals surface area contributed by atoms with Gasteiger partial charge in [0, 0.05) is 6.42 Å². The highest BCUT2D eigenvalue weighted by molar-refractivity contribution is 5.71. The summed E-state index contributed by atoms with van der Waals surface area (Å²) in [7, 11) is 0. The molecule has 0 bridgehead atoms. The van der Waals surface area contributed by atoms with Crippen molar-refractivity contribution in [3.63, 3.8) is 0 Å². The minimum atomic E-state index is -0.252. The van der Waals surface area contributed by atoms with Crippen molar-refractivity contribution in [3.8, 4) is 0 Å². The van der Waals surface area contributed by atoms with Crippen LogP contribution in [0.4, 0.5) is 0 Å². The Morgan fingerprint density at radius 1 is 1.09 bits per heavy atom. The van der Waals surface area contributed by atoms with Crippen LogP contribution in [0.25, 0.3) is 0 Å². The molecule has 4 heteroatoms. The van der Waals surface area contributed by atoms with Crippen molar-refractivity contribution in [2.45, 2.75) is 103 Å². The molecule has 0 aliphatic carbocycles. The van der Waals surface area contributed by atoms with E-state index >= 15 is 0 Å². The molecule has 1 heterocycles. The van der Waals surface area contributed by atoms with E-state index in [0.717, 1.165) is 19.3 Å². The summed E-state index contributed by atoms with van der Waals surface area (Å²) in [6, 6.07) is 0. The van der Waals surface area contributed by atoms with Crippen LogP contribution in [0.1, 0.15) is 90.4 Å². The van der Waals surface area contributed by atoms with Crippen LogP contribution < -0.4 is 0 Å². The second kappa shape index (κ2) is 12.5. The first-order valence-corrected chi connectivity index (χ1v) is 9.06. The van der Waals surface area contributed by atoms with Crippen LogP contribution in [-0.4, -0.2) is 24.6 Å². The minimum absolute atomic E-state index is 0.174. The highest BCUT2D eigenvalue weighted by atomic mass is 16.6. The fraction of sp³-hybridized carbons (Fsp3) is 0.889. The topological polar surface area (TPSA) is 52.6 Å². The summed E-state index contributed by atoms with van der Waals surface area (Å²) < 4.78 is 10.3. The first-order valence-electron chi connectivity index (χ1n) is 9.06. The summed E-state index contributed by atoms with van der Waals surface area (Å²) in [6.45, 7) is 2.72. The van der Waals surface area contributed by atoms with Crippen LogP contribution in [0.5, 0.6) is 0 Å². The van der Waals surface area contributed by atoms with E-state index in [1.54, 1.807) is 0 Å². The van der Waals surface area contributed by atoms with Gasteiger partial charge in [-0.05, 0) is 19.3 Å². The van der Waals surface area contributed by atoms with Crippen LogP contribution in [0, 0.1) is 0 Å². The summed E-state index contributed by atoms with van der Waals surface area (Å²) in [6.07, 6.45) is 14.3. The highest BCUT2D eigenvalue weighted by Gasteiger charge is 2.31. The van der Waals surface area contributed by atoms with Gasteiger partial charge in [-0.3, -0.25) is 9.59 Å². The zero-order chi connectivity index (χ0) is 16.0. The molecule has 1 aliphatic heterocycles. The molecule has 0 aromatic carbocycles. The van der Waals surface area contributed by atoms with Crippen molar-refractivity contribution in [3.05, 3.63) is 0 Å². The third-order valence-corrected chi connectivity index (χ3v) is 4.40. The Morgan fingerprint density at radius 3 is 2.18 bits per heavy atom. The second-order valence-corrected chi connectivity index (χ2v) is 6.31. The number of hydrogen-bond acceptors (Lipinski definition) is 4. The second-order valence-electron chi connectivity index (χ2n) is 6.31. The number of cyclic esters (lactones) is 1. The number of unbranched alkanes of at least 4 members (excludes halogenated alkanes) is 9. The van der Waals surface area contributed by atoms with Gasteiger partial charge in [-0.25, -0.2) is 0 Å². The summed E-state index contributed by atoms with van der Waals surface area (Å²) in [5.74, 6) is -0.174. The zero-order valence-electron chi connectivity index (χ0n) is 14.1. The summed E-state index contributed by atoms with van der Waals surface area (Å²) in [5, 5.41) is 0. The van der Waals surface area contributed by atoms with E-state index in [2.05, 4.69) is 6.92 Å². The molecule has 1 rings (SSSR count). The van der Waals surface area contributed by atoms with Crippen molar-refractivity contribution < 1.29 is 19.1 Å². The quantitative estimate of drug-likeness (QED) is 0.268. The maximum atomic E-state index is 11.1. The highest BCUT2D eigenvalue weighted by Crippen LogP contribution is 2.23. The van der Waals surface area contributed by atoms with Crippen molar-refractivity contribution in [2.24, 2.45) is 0 Å². The normalized spacial score (nSPS) is 19.0. The molecule has 0 saturated carbocycles. The molecule has 2 atom stereocenters. The lowest BCUT2D eigenvalue weighted by Gasteiger charge is -2.20. The molecule has 1 saturated heterocycles. The largest absolute Gasteiger partial charge is 0.461 e. The fourth-order valence-electron chi connectivity index (χ4n) is 3.05. The molecule has 0 aromatic rings. The Hall–Kier alpha value is -1.06. The predicted octanol–water partition coefficient (Wildman–Crippen LogP) is 4.54. The molecule has 22 heavy (non-hydrogen) atoms. The van der Waals surface area contributed by atoms with Gasteiger partial charge < -0.3 is 9.47 Å². The van der Waals surface area contributed by atoms with Crippen molar-refractivity contribution in [1.29, 1.82) is 0 Å². The van der Waals surface area contributed by atoms with Crippen molar-refractivity contribution in [2.75, 3.05) is 0 Å². The summed E-state index contributed by atoms with van der Waals surface area (Å²) in [4.78, 5) is 21.7. The third-order valence-electron chi connectivity index (χ3n) is 4.40.